The van der Waals surface area contributed by atoms with Gasteiger partial charge in [-0.25, -0.2) is 0 Å². The highest BCUT2D eigenvalue weighted by Gasteiger charge is 2.62. The molecule has 4 amide bonds. The zero-order valence-electron chi connectivity index (χ0n) is 16.7. The first-order valence-electron chi connectivity index (χ1n) is 9.20. The summed E-state index contributed by atoms with van der Waals surface area (Å²) in [6.45, 7) is 5.28. The summed E-state index contributed by atoms with van der Waals surface area (Å²) in [6, 6.07) is 4.40. The second-order valence-electron chi connectivity index (χ2n) is 8.91. The summed E-state index contributed by atoms with van der Waals surface area (Å²) < 4.78 is 0. The van der Waals surface area contributed by atoms with E-state index in [9.17, 15) is 19.2 Å². The van der Waals surface area contributed by atoms with E-state index in [2.05, 4.69) is 10.9 Å². The molecule has 29 heavy (non-hydrogen) atoms. The van der Waals surface area contributed by atoms with Crippen molar-refractivity contribution in [2.45, 2.75) is 40.0 Å². The molecular weight excluding hydrogens is 417 g/mol. The number of amides is 4. The molecule has 0 radical (unpaired) electrons. The zero-order chi connectivity index (χ0) is 21.8. The first-order valence-corrected chi connectivity index (χ1v) is 9.95. The highest BCUT2D eigenvalue weighted by Crippen LogP contribution is 2.58. The third-order valence-electron chi connectivity index (χ3n) is 6.00. The number of benzene rings is 1. The van der Waals surface area contributed by atoms with Crippen molar-refractivity contribution in [2.24, 2.45) is 16.2 Å². The first kappa shape index (κ1) is 21.6. The van der Waals surface area contributed by atoms with E-state index >= 15 is 0 Å². The minimum absolute atomic E-state index is 0.155. The Morgan fingerprint density at radius 1 is 0.966 bits per heavy atom. The maximum Gasteiger partial charge on any atom is 0.271 e. The van der Waals surface area contributed by atoms with E-state index in [4.69, 9.17) is 23.2 Å². The summed E-state index contributed by atoms with van der Waals surface area (Å²) in [4.78, 5) is 52.0. The molecule has 0 spiro atoms. The van der Waals surface area contributed by atoms with Gasteiger partial charge in [-0.1, -0.05) is 44.0 Å². The fourth-order valence-corrected chi connectivity index (χ4v) is 5.64. The Labute approximate surface area is 179 Å². The minimum atomic E-state index is -1.01. The van der Waals surface area contributed by atoms with Crippen molar-refractivity contribution < 1.29 is 19.2 Å². The van der Waals surface area contributed by atoms with E-state index in [-0.39, 0.29) is 35.2 Å². The highest BCUT2D eigenvalue weighted by molar-refractivity contribution is 6.36. The second kappa shape index (κ2) is 6.99. The molecule has 1 aliphatic heterocycles. The molecule has 0 aromatic heterocycles. The van der Waals surface area contributed by atoms with Crippen LogP contribution in [0.5, 0.6) is 0 Å². The van der Waals surface area contributed by atoms with Gasteiger partial charge in [-0.3, -0.25) is 34.9 Å². The van der Waals surface area contributed by atoms with Gasteiger partial charge in [0.1, 0.15) is 0 Å². The SMILES string of the molecule is CN1C(=O)C2(C)CC(C)(C(=O)NNC(=O)c3ccc(Cl)cc3Cl)CC(C)(C2)C1=O. The number of halogens is 2. The standard InChI is InChI=1S/C20H23Cl2N3O4/c1-18(8-19(2)10-20(3,9-18)17(29)25(4)16(19)28)15(27)24-23-14(26)12-6-5-11(21)7-13(12)22/h5-7H,8-10H2,1-4H3,(H,23,26)(H,24,27). The molecule has 2 N–H and O–H groups in total. The number of piperidine rings is 1. The molecule has 1 aromatic carbocycles. The summed E-state index contributed by atoms with van der Waals surface area (Å²) in [7, 11) is 1.49. The summed E-state index contributed by atoms with van der Waals surface area (Å²) in [5.74, 6) is -1.62. The number of fused-ring (bicyclic) bond motifs is 2. The lowest BCUT2D eigenvalue weighted by atomic mass is 9.51. The van der Waals surface area contributed by atoms with Crippen molar-refractivity contribution in [3.8, 4) is 0 Å². The number of nitrogens with zero attached hydrogens (tertiary/aromatic N) is 1. The van der Waals surface area contributed by atoms with Gasteiger partial charge in [0.05, 0.1) is 16.0 Å². The van der Waals surface area contributed by atoms with Crippen LogP contribution in [0.4, 0.5) is 0 Å². The molecule has 3 rings (SSSR count). The molecule has 9 heteroatoms. The van der Waals surface area contributed by atoms with Gasteiger partial charge in [-0.15, -0.1) is 0 Å². The molecule has 7 nitrogen and oxygen atoms in total. The molecule has 1 heterocycles. The van der Waals surface area contributed by atoms with Crippen molar-refractivity contribution >= 4 is 46.8 Å². The number of likely N-dealkylation sites (tertiary alicyclic amines) is 1. The van der Waals surface area contributed by atoms with Gasteiger partial charge in [-0.05, 0) is 37.5 Å². The van der Waals surface area contributed by atoms with Crippen LogP contribution in [0.15, 0.2) is 18.2 Å². The van der Waals surface area contributed by atoms with Crippen LogP contribution in [0.25, 0.3) is 0 Å². The lowest BCUT2D eigenvalue weighted by Gasteiger charge is -2.55. The topological polar surface area (TPSA) is 95.6 Å². The van der Waals surface area contributed by atoms with Crippen LogP contribution in [0.3, 0.4) is 0 Å². The van der Waals surface area contributed by atoms with Crippen molar-refractivity contribution in [2.75, 3.05) is 7.05 Å². The lowest BCUT2D eigenvalue weighted by Crippen LogP contribution is -2.64. The van der Waals surface area contributed by atoms with Gasteiger partial charge >= 0.3 is 0 Å². The van der Waals surface area contributed by atoms with Gasteiger partial charge in [0.2, 0.25) is 17.7 Å². The Hall–Kier alpha value is -2.12. The van der Waals surface area contributed by atoms with Crippen LogP contribution in [0.2, 0.25) is 10.0 Å². The molecule has 1 saturated carbocycles. The molecule has 1 aromatic rings. The Morgan fingerprint density at radius 3 is 2.03 bits per heavy atom. The predicted octanol–water partition coefficient (Wildman–Crippen LogP) is 2.96. The smallest absolute Gasteiger partial charge is 0.271 e. The normalized spacial score (nSPS) is 31.4. The second-order valence-corrected chi connectivity index (χ2v) is 9.76. The number of rotatable bonds is 2. The zero-order valence-corrected chi connectivity index (χ0v) is 18.2. The largest absolute Gasteiger partial charge is 0.285 e. The number of hydrazine groups is 1. The molecule has 1 saturated heterocycles. The minimum Gasteiger partial charge on any atom is -0.285 e. The number of carbonyl (C=O) groups is 4. The van der Waals surface area contributed by atoms with Crippen LogP contribution < -0.4 is 10.9 Å². The fraction of sp³-hybridized carbons (Fsp3) is 0.500. The Balaban J connectivity index is 1.78. The number of nitrogens with one attached hydrogen (secondary N) is 2. The van der Waals surface area contributed by atoms with Crippen molar-refractivity contribution in [1.82, 2.24) is 15.8 Å². The first-order chi connectivity index (χ1) is 13.3. The van der Waals surface area contributed by atoms with E-state index in [1.807, 2.05) is 0 Å². The molecule has 156 valence electrons. The van der Waals surface area contributed by atoms with Crippen molar-refractivity contribution in [1.29, 1.82) is 0 Å². The highest BCUT2D eigenvalue weighted by atomic mass is 35.5. The Kier molecular flexibility index (Phi) is 5.20. The van der Waals surface area contributed by atoms with Gasteiger partial charge < -0.3 is 0 Å². The van der Waals surface area contributed by atoms with Crippen LogP contribution >= 0.6 is 23.2 Å². The summed E-state index contributed by atoms with van der Waals surface area (Å²) in [5.41, 5.74) is 2.28. The molecule has 2 fully saturated rings. The van der Waals surface area contributed by atoms with E-state index in [0.29, 0.717) is 11.4 Å². The van der Waals surface area contributed by atoms with Crippen LogP contribution in [-0.4, -0.2) is 35.6 Å². The average Bonchev–Trinajstić information content (AvgIpc) is 2.62. The van der Waals surface area contributed by atoms with Gasteiger partial charge in [-0.2, -0.15) is 0 Å². The summed E-state index contributed by atoms with van der Waals surface area (Å²) in [6.07, 6.45) is 0.947. The maximum atomic E-state index is 13.0. The van der Waals surface area contributed by atoms with Crippen LogP contribution in [0.1, 0.15) is 50.4 Å². The van der Waals surface area contributed by atoms with Gasteiger partial charge in [0.15, 0.2) is 0 Å². The van der Waals surface area contributed by atoms with E-state index in [1.54, 1.807) is 20.8 Å². The third-order valence-corrected chi connectivity index (χ3v) is 6.54. The number of imide groups is 1. The fourth-order valence-electron chi connectivity index (χ4n) is 5.14. The number of carbonyl (C=O) groups excluding carboxylic acids is 4. The molecule has 2 bridgehead atoms. The quantitative estimate of drug-likeness (QED) is 0.546. The number of hydrogen-bond acceptors (Lipinski definition) is 4. The molecule has 2 unspecified atom stereocenters. The van der Waals surface area contributed by atoms with E-state index in [0.717, 1.165) is 0 Å². The Bertz CT molecular complexity index is 904. The monoisotopic (exact) mass is 439 g/mol. The maximum absolute atomic E-state index is 13.0. The van der Waals surface area contributed by atoms with Gasteiger partial charge in [0.25, 0.3) is 5.91 Å². The summed E-state index contributed by atoms with van der Waals surface area (Å²) >= 11 is 11.9. The average molecular weight is 440 g/mol. The molecule has 1 aliphatic carbocycles. The number of hydrogen-bond donors (Lipinski definition) is 2. The molecular formula is C20H23Cl2N3O4. The van der Waals surface area contributed by atoms with Crippen LogP contribution in [0, 0.1) is 16.2 Å². The molecule has 2 atom stereocenters. The van der Waals surface area contributed by atoms with Crippen LogP contribution in [-0.2, 0) is 14.4 Å². The van der Waals surface area contributed by atoms with Crippen molar-refractivity contribution in [3.63, 3.8) is 0 Å². The van der Waals surface area contributed by atoms with Gasteiger partial charge in [0, 0.05) is 22.9 Å². The third kappa shape index (κ3) is 3.62. The van der Waals surface area contributed by atoms with E-state index < -0.39 is 28.1 Å². The Morgan fingerprint density at radius 2 is 1.52 bits per heavy atom. The summed E-state index contributed by atoms with van der Waals surface area (Å²) in [5, 5.41) is 0.541. The van der Waals surface area contributed by atoms with E-state index in [1.165, 1.54) is 30.1 Å². The molecule has 2 aliphatic rings. The van der Waals surface area contributed by atoms with Crippen molar-refractivity contribution in [3.05, 3.63) is 33.8 Å². The predicted molar refractivity (Wildman–Crippen MR) is 108 cm³/mol. The lowest BCUT2D eigenvalue weighted by molar-refractivity contribution is -0.178.